The molecule has 6 nitrogen and oxygen atoms in total. The second kappa shape index (κ2) is 7.87. The summed E-state index contributed by atoms with van der Waals surface area (Å²) < 4.78 is 12.7. The Morgan fingerprint density at radius 1 is 1.31 bits per heavy atom. The maximum absolute atomic E-state index is 11.9. The molecule has 3 rings (SSSR count). The molecular formula is C20H22N2O4. The van der Waals surface area contributed by atoms with Crippen LogP contribution in [0.1, 0.15) is 25.5 Å². The number of ketones is 1. The van der Waals surface area contributed by atoms with Crippen molar-refractivity contribution in [2.45, 2.75) is 27.2 Å². The lowest BCUT2D eigenvalue weighted by atomic mass is 9.95. The van der Waals surface area contributed by atoms with E-state index in [0.29, 0.717) is 48.0 Å². The Balaban J connectivity index is 0.00000243. The zero-order valence-electron chi connectivity index (χ0n) is 14.2. The van der Waals surface area contributed by atoms with Gasteiger partial charge < -0.3 is 9.47 Å². The predicted octanol–water partition coefficient (Wildman–Crippen LogP) is 2.16. The SMILES string of the molecule is C.C#CC(=O)Cc1ccc2c(c1-c1nn(C)c(=O)cc1CC)OCCO2. The third-order valence-electron chi connectivity index (χ3n) is 4.10. The average molecular weight is 354 g/mol. The number of rotatable bonds is 4. The minimum atomic E-state index is -0.333. The van der Waals surface area contributed by atoms with E-state index in [9.17, 15) is 9.59 Å². The van der Waals surface area contributed by atoms with Crippen molar-refractivity contribution in [1.29, 1.82) is 0 Å². The summed E-state index contributed by atoms with van der Waals surface area (Å²) >= 11 is 0. The van der Waals surface area contributed by atoms with Crippen molar-refractivity contribution in [2.75, 3.05) is 13.2 Å². The summed E-state index contributed by atoms with van der Waals surface area (Å²) in [5, 5.41) is 4.42. The van der Waals surface area contributed by atoms with Gasteiger partial charge in [0.15, 0.2) is 11.5 Å². The highest BCUT2D eigenvalue weighted by Crippen LogP contribution is 2.42. The molecule has 0 bridgehead atoms. The van der Waals surface area contributed by atoms with Crippen LogP contribution in [0.4, 0.5) is 0 Å². The zero-order chi connectivity index (χ0) is 18.0. The van der Waals surface area contributed by atoms with Crippen LogP contribution < -0.4 is 15.0 Å². The quantitative estimate of drug-likeness (QED) is 0.622. The van der Waals surface area contributed by atoms with Gasteiger partial charge in [-0.05, 0) is 29.5 Å². The van der Waals surface area contributed by atoms with E-state index < -0.39 is 0 Å². The van der Waals surface area contributed by atoms with E-state index in [-0.39, 0.29) is 25.2 Å². The number of aryl methyl sites for hydroxylation is 2. The largest absolute Gasteiger partial charge is 0.486 e. The lowest BCUT2D eigenvalue weighted by Crippen LogP contribution is -2.22. The lowest BCUT2D eigenvalue weighted by Gasteiger charge is -2.23. The van der Waals surface area contributed by atoms with Gasteiger partial charge in [0, 0.05) is 19.5 Å². The molecule has 26 heavy (non-hydrogen) atoms. The number of hydrogen-bond donors (Lipinski definition) is 0. The van der Waals surface area contributed by atoms with Crippen LogP contribution in [0.25, 0.3) is 11.3 Å². The van der Waals surface area contributed by atoms with E-state index in [1.807, 2.05) is 6.92 Å². The minimum absolute atomic E-state index is 0. The standard InChI is InChI=1S/C19H18N2O4.CH4/c1-4-12-11-16(23)21(3)20-18(12)17-13(10-14(22)5-2)6-7-15-19(17)25-9-8-24-15;/h2,6-7,11H,4,8-10H2,1,3H3;1H4. The number of fused-ring (bicyclic) bond motifs is 1. The Labute approximate surface area is 152 Å². The van der Waals surface area contributed by atoms with Crippen LogP contribution in [0.15, 0.2) is 23.0 Å². The molecule has 0 atom stereocenters. The van der Waals surface area contributed by atoms with Gasteiger partial charge in [0.05, 0.1) is 11.3 Å². The number of nitrogens with zero attached hydrogens (tertiary/aromatic N) is 2. The number of benzene rings is 1. The summed E-state index contributed by atoms with van der Waals surface area (Å²) in [6, 6.07) is 5.12. The van der Waals surface area contributed by atoms with E-state index in [1.165, 1.54) is 4.68 Å². The van der Waals surface area contributed by atoms with E-state index >= 15 is 0 Å². The van der Waals surface area contributed by atoms with Crippen LogP contribution in [0.5, 0.6) is 11.5 Å². The molecule has 0 spiro atoms. The second-order valence-corrected chi connectivity index (χ2v) is 5.70. The highest BCUT2D eigenvalue weighted by Gasteiger charge is 2.24. The number of aromatic nitrogens is 2. The summed E-state index contributed by atoms with van der Waals surface area (Å²) in [5.41, 5.74) is 2.55. The summed E-state index contributed by atoms with van der Waals surface area (Å²) in [6.07, 6.45) is 5.91. The molecule has 1 aromatic heterocycles. The van der Waals surface area contributed by atoms with Crippen molar-refractivity contribution < 1.29 is 14.3 Å². The first-order chi connectivity index (χ1) is 12.0. The van der Waals surface area contributed by atoms with Crippen molar-refractivity contribution >= 4 is 5.78 Å². The summed E-state index contributed by atoms with van der Waals surface area (Å²) in [7, 11) is 1.59. The predicted molar refractivity (Wildman–Crippen MR) is 99.6 cm³/mol. The van der Waals surface area contributed by atoms with Crippen LogP contribution in [0.3, 0.4) is 0 Å². The topological polar surface area (TPSA) is 70.4 Å². The number of ether oxygens (including phenoxy) is 2. The molecular weight excluding hydrogens is 332 g/mol. The van der Waals surface area contributed by atoms with E-state index in [1.54, 1.807) is 25.2 Å². The molecule has 0 N–H and O–H groups in total. The first kappa shape index (κ1) is 19.3. The van der Waals surface area contributed by atoms with Gasteiger partial charge in [-0.1, -0.05) is 20.4 Å². The summed E-state index contributed by atoms with van der Waals surface area (Å²) in [4.78, 5) is 23.8. The lowest BCUT2D eigenvalue weighted by molar-refractivity contribution is -0.113. The van der Waals surface area contributed by atoms with Gasteiger partial charge in [-0.25, -0.2) is 4.68 Å². The average Bonchev–Trinajstić information content (AvgIpc) is 2.63. The van der Waals surface area contributed by atoms with Gasteiger partial charge in [-0.3, -0.25) is 9.59 Å². The van der Waals surface area contributed by atoms with Gasteiger partial charge >= 0.3 is 0 Å². The first-order valence-electron chi connectivity index (χ1n) is 8.03. The molecule has 0 saturated heterocycles. The Morgan fingerprint density at radius 3 is 2.73 bits per heavy atom. The normalized spacial score (nSPS) is 12.0. The fraction of sp³-hybridized carbons (Fsp3) is 0.350. The maximum atomic E-state index is 11.9. The molecule has 0 saturated carbocycles. The molecule has 1 aliphatic rings. The Bertz CT molecular complexity index is 938. The Kier molecular flexibility index (Phi) is 5.83. The smallest absolute Gasteiger partial charge is 0.266 e. The summed E-state index contributed by atoms with van der Waals surface area (Å²) in [6.45, 7) is 2.80. The summed E-state index contributed by atoms with van der Waals surface area (Å²) in [5.74, 6) is 2.93. The van der Waals surface area contributed by atoms with Gasteiger partial charge in [0.25, 0.3) is 5.56 Å². The zero-order valence-corrected chi connectivity index (χ0v) is 14.2. The molecule has 1 aromatic carbocycles. The molecule has 0 amide bonds. The van der Waals surface area contributed by atoms with Crippen molar-refractivity contribution in [3.05, 3.63) is 39.7 Å². The van der Waals surface area contributed by atoms with Crippen molar-refractivity contribution in [1.82, 2.24) is 9.78 Å². The molecule has 136 valence electrons. The third kappa shape index (κ3) is 3.47. The molecule has 0 aliphatic carbocycles. The number of hydrogen-bond acceptors (Lipinski definition) is 5. The fourth-order valence-electron chi connectivity index (χ4n) is 2.84. The highest BCUT2D eigenvalue weighted by molar-refractivity contribution is 5.97. The molecule has 2 aromatic rings. The minimum Gasteiger partial charge on any atom is -0.486 e. The molecule has 0 radical (unpaired) electrons. The van der Waals surface area contributed by atoms with E-state index in [0.717, 1.165) is 5.56 Å². The highest BCUT2D eigenvalue weighted by atomic mass is 16.6. The first-order valence-corrected chi connectivity index (χ1v) is 8.03. The number of carbonyl (C=O) groups is 1. The van der Waals surface area contributed by atoms with E-state index in [4.69, 9.17) is 15.9 Å². The van der Waals surface area contributed by atoms with E-state index in [2.05, 4.69) is 11.0 Å². The molecule has 6 heteroatoms. The third-order valence-corrected chi connectivity index (χ3v) is 4.10. The Morgan fingerprint density at radius 2 is 2.04 bits per heavy atom. The number of carbonyl (C=O) groups excluding carboxylic acids is 1. The second-order valence-electron chi connectivity index (χ2n) is 5.70. The molecule has 2 heterocycles. The molecule has 0 unspecified atom stereocenters. The van der Waals surface area contributed by atoms with Crippen molar-refractivity contribution in [3.8, 4) is 35.1 Å². The van der Waals surface area contributed by atoms with Crippen LogP contribution in [0.2, 0.25) is 0 Å². The van der Waals surface area contributed by atoms with Crippen LogP contribution in [0, 0.1) is 12.3 Å². The van der Waals surface area contributed by atoms with Crippen molar-refractivity contribution in [2.24, 2.45) is 7.05 Å². The van der Waals surface area contributed by atoms with Gasteiger partial charge in [-0.15, -0.1) is 6.42 Å². The van der Waals surface area contributed by atoms with Gasteiger partial charge in [0.2, 0.25) is 5.78 Å². The van der Waals surface area contributed by atoms with Crippen molar-refractivity contribution in [3.63, 3.8) is 0 Å². The molecule has 0 fully saturated rings. The number of terminal acetylenes is 1. The van der Waals surface area contributed by atoms with Crippen LogP contribution in [-0.4, -0.2) is 28.8 Å². The van der Waals surface area contributed by atoms with Gasteiger partial charge in [-0.2, -0.15) is 5.10 Å². The van der Waals surface area contributed by atoms with Crippen LogP contribution in [-0.2, 0) is 24.7 Å². The van der Waals surface area contributed by atoms with Crippen LogP contribution >= 0.6 is 0 Å². The monoisotopic (exact) mass is 354 g/mol. The number of Topliss-reactive ketones (excluding diaryl/α,β-unsaturated/α-hetero) is 1. The fourth-order valence-corrected chi connectivity index (χ4v) is 2.84. The van der Waals surface area contributed by atoms with Gasteiger partial charge in [0.1, 0.15) is 13.2 Å². The maximum Gasteiger partial charge on any atom is 0.266 e. The molecule has 1 aliphatic heterocycles. The Hall–Kier alpha value is -3.07.